The second-order valence-electron chi connectivity index (χ2n) is 9.42. The van der Waals surface area contributed by atoms with Gasteiger partial charge in [0.05, 0.1) is 19.3 Å². The molecule has 2 atom stereocenters. The molecule has 1 heterocycles. The van der Waals surface area contributed by atoms with Crippen molar-refractivity contribution in [3.63, 3.8) is 0 Å². The maximum absolute atomic E-state index is 14.3. The molecule has 1 aliphatic heterocycles. The SMILES string of the molecule is CCCCCC1CCC(C2CCC(COc3ccc(OCCC)c(F)c3F)OC2)CC1. The zero-order valence-electron chi connectivity index (χ0n) is 19.3. The van der Waals surface area contributed by atoms with Crippen molar-refractivity contribution in [1.29, 1.82) is 0 Å². The fourth-order valence-electron chi connectivity index (χ4n) is 5.09. The molecule has 31 heavy (non-hydrogen) atoms. The van der Waals surface area contributed by atoms with E-state index in [-0.39, 0.29) is 24.2 Å². The van der Waals surface area contributed by atoms with Crippen molar-refractivity contribution in [2.24, 2.45) is 17.8 Å². The van der Waals surface area contributed by atoms with Gasteiger partial charge in [-0.05, 0) is 62.0 Å². The summed E-state index contributed by atoms with van der Waals surface area (Å²) in [7, 11) is 0. The summed E-state index contributed by atoms with van der Waals surface area (Å²) in [5.74, 6) is 0.238. The zero-order chi connectivity index (χ0) is 22.1. The molecule has 2 unspecified atom stereocenters. The summed E-state index contributed by atoms with van der Waals surface area (Å²) in [6, 6.07) is 2.87. The molecular weight excluding hydrogens is 398 g/mol. The standard InChI is InChI=1S/C26H40F2O3/c1-3-5-6-7-19-8-10-20(11-9-19)21-12-13-22(30-17-21)18-31-24-15-14-23(29-16-4-2)25(27)26(24)28/h14-15,19-22H,3-13,16-18H2,1-2H3. The van der Waals surface area contributed by atoms with Crippen LogP contribution in [0.15, 0.2) is 12.1 Å². The minimum atomic E-state index is -0.988. The Morgan fingerprint density at radius 2 is 1.52 bits per heavy atom. The van der Waals surface area contributed by atoms with E-state index < -0.39 is 11.6 Å². The fourth-order valence-corrected chi connectivity index (χ4v) is 5.09. The number of benzene rings is 1. The van der Waals surface area contributed by atoms with E-state index in [1.807, 2.05) is 6.92 Å². The van der Waals surface area contributed by atoms with Gasteiger partial charge in [0.1, 0.15) is 6.61 Å². The molecule has 1 aromatic rings. The van der Waals surface area contributed by atoms with Gasteiger partial charge in [-0.3, -0.25) is 0 Å². The molecule has 0 aromatic heterocycles. The molecule has 0 radical (unpaired) electrons. The minimum absolute atomic E-state index is 0.0555. The molecule has 3 rings (SSSR count). The molecule has 2 fully saturated rings. The van der Waals surface area contributed by atoms with E-state index in [4.69, 9.17) is 14.2 Å². The average Bonchev–Trinajstić information content (AvgIpc) is 2.80. The Labute approximate surface area is 186 Å². The number of halogens is 2. The maximum atomic E-state index is 14.3. The molecule has 0 spiro atoms. The molecule has 0 N–H and O–H groups in total. The lowest BCUT2D eigenvalue weighted by Crippen LogP contribution is -2.35. The van der Waals surface area contributed by atoms with Gasteiger partial charge in [0.15, 0.2) is 11.5 Å². The van der Waals surface area contributed by atoms with E-state index in [1.54, 1.807) is 0 Å². The monoisotopic (exact) mass is 438 g/mol. The van der Waals surface area contributed by atoms with Crippen LogP contribution in [0, 0.1) is 29.4 Å². The highest BCUT2D eigenvalue weighted by molar-refractivity contribution is 5.35. The largest absolute Gasteiger partial charge is 0.490 e. The van der Waals surface area contributed by atoms with E-state index in [9.17, 15) is 8.78 Å². The van der Waals surface area contributed by atoms with Crippen LogP contribution in [0.5, 0.6) is 11.5 Å². The normalized spacial score (nSPS) is 26.6. The topological polar surface area (TPSA) is 27.7 Å². The first-order valence-corrected chi connectivity index (χ1v) is 12.5. The Balaban J connectivity index is 1.38. The van der Waals surface area contributed by atoms with Crippen molar-refractivity contribution in [2.75, 3.05) is 19.8 Å². The second kappa shape index (κ2) is 12.6. The first-order chi connectivity index (χ1) is 15.1. The number of rotatable bonds is 11. The Morgan fingerprint density at radius 1 is 0.839 bits per heavy atom. The van der Waals surface area contributed by atoms with Crippen LogP contribution >= 0.6 is 0 Å². The molecule has 3 nitrogen and oxygen atoms in total. The van der Waals surface area contributed by atoms with Crippen molar-refractivity contribution in [1.82, 2.24) is 0 Å². The molecule has 0 bridgehead atoms. The number of hydrogen-bond acceptors (Lipinski definition) is 3. The highest BCUT2D eigenvalue weighted by atomic mass is 19.2. The van der Waals surface area contributed by atoms with E-state index in [0.717, 1.165) is 37.7 Å². The van der Waals surface area contributed by atoms with E-state index >= 15 is 0 Å². The van der Waals surface area contributed by atoms with Crippen LogP contribution in [-0.4, -0.2) is 25.9 Å². The predicted octanol–water partition coefficient (Wildman–Crippen LogP) is 7.31. The van der Waals surface area contributed by atoms with Crippen LogP contribution in [0.1, 0.15) is 84.5 Å². The molecule has 1 aromatic carbocycles. The Morgan fingerprint density at radius 3 is 2.13 bits per heavy atom. The van der Waals surface area contributed by atoms with E-state index in [2.05, 4.69) is 6.92 Å². The maximum Gasteiger partial charge on any atom is 0.204 e. The fraction of sp³-hybridized carbons (Fsp3) is 0.769. The first kappa shape index (κ1) is 24.3. The van der Waals surface area contributed by atoms with Gasteiger partial charge in [0, 0.05) is 0 Å². The smallest absolute Gasteiger partial charge is 0.204 e. The molecule has 0 amide bonds. The van der Waals surface area contributed by atoms with Gasteiger partial charge in [0.2, 0.25) is 11.6 Å². The minimum Gasteiger partial charge on any atom is -0.490 e. The highest BCUT2D eigenvalue weighted by Gasteiger charge is 2.31. The third-order valence-corrected chi connectivity index (χ3v) is 7.08. The molecule has 1 saturated carbocycles. The first-order valence-electron chi connectivity index (χ1n) is 12.5. The Hall–Kier alpha value is -1.36. The molecular formula is C26H40F2O3. The van der Waals surface area contributed by atoms with Gasteiger partial charge in [-0.15, -0.1) is 0 Å². The quantitative estimate of drug-likeness (QED) is 0.339. The highest BCUT2D eigenvalue weighted by Crippen LogP contribution is 2.39. The summed E-state index contributed by atoms with van der Waals surface area (Å²) in [4.78, 5) is 0. The molecule has 176 valence electrons. The van der Waals surface area contributed by atoms with Gasteiger partial charge in [-0.2, -0.15) is 8.78 Å². The summed E-state index contributed by atoms with van der Waals surface area (Å²) >= 11 is 0. The van der Waals surface area contributed by atoms with Crippen molar-refractivity contribution >= 4 is 0 Å². The third-order valence-electron chi connectivity index (χ3n) is 7.08. The summed E-state index contributed by atoms with van der Waals surface area (Å²) in [5, 5.41) is 0. The molecule has 2 aliphatic rings. The van der Waals surface area contributed by atoms with Crippen LogP contribution in [-0.2, 0) is 4.74 Å². The van der Waals surface area contributed by atoms with Gasteiger partial charge in [-0.1, -0.05) is 52.4 Å². The second-order valence-corrected chi connectivity index (χ2v) is 9.42. The number of hydrogen-bond donors (Lipinski definition) is 0. The summed E-state index contributed by atoms with van der Waals surface area (Å²) in [5.41, 5.74) is 0. The van der Waals surface area contributed by atoms with E-state index in [1.165, 1.54) is 63.5 Å². The van der Waals surface area contributed by atoms with Crippen LogP contribution in [0.3, 0.4) is 0 Å². The lowest BCUT2D eigenvalue weighted by atomic mass is 9.73. The molecule has 1 aliphatic carbocycles. The van der Waals surface area contributed by atoms with Crippen molar-refractivity contribution in [3.05, 3.63) is 23.8 Å². The molecule has 1 saturated heterocycles. The Bertz CT molecular complexity index is 650. The van der Waals surface area contributed by atoms with Crippen molar-refractivity contribution in [3.8, 4) is 11.5 Å². The van der Waals surface area contributed by atoms with Crippen molar-refractivity contribution in [2.45, 2.75) is 90.6 Å². The Kier molecular flexibility index (Phi) is 9.89. The van der Waals surface area contributed by atoms with Crippen LogP contribution in [0.4, 0.5) is 8.78 Å². The van der Waals surface area contributed by atoms with Crippen LogP contribution in [0.25, 0.3) is 0 Å². The van der Waals surface area contributed by atoms with Crippen LogP contribution < -0.4 is 9.47 Å². The van der Waals surface area contributed by atoms with E-state index in [0.29, 0.717) is 12.5 Å². The summed E-state index contributed by atoms with van der Waals surface area (Å²) in [6.45, 7) is 5.56. The lowest BCUT2D eigenvalue weighted by Gasteiger charge is -2.37. The number of ether oxygens (including phenoxy) is 3. The summed E-state index contributed by atoms with van der Waals surface area (Å²) in [6.07, 6.45) is 13.6. The van der Waals surface area contributed by atoms with Crippen molar-refractivity contribution < 1.29 is 23.0 Å². The van der Waals surface area contributed by atoms with Crippen LogP contribution in [0.2, 0.25) is 0 Å². The zero-order valence-corrected chi connectivity index (χ0v) is 19.3. The molecule has 5 heteroatoms. The lowest BCUT2D eigenvalue weighted by molar-refractivity contribution is -0.0565. The third kappa shape index (κ3) is 7.06. The van der Waals surface area contributed by atoms with Gasteiger partial charge < -0.3 is 14.2 Å². The van der Waals surface area contributed by atoms with Gasteiger partial charge >= 0.3 is 0 Å². The number of unbranched alkanes of at least 4 members (excludes halogenated alkanes) is 2. The van der Waals surface area contributed by atoms with Gasteiger partial charge in [0.25, 0.3) is 0 Å². The van der Waals surface area contributed by atoms with Gasteiger partial charge in [-0.25, -0.2) is 0 Å². The predicted molar refractivity (Wildman–Crippen MR) is 120 cm³/mol. The average molecular weight is 439 g/mol. The summed E-state index contributed by atoms with van der Waals surface area (Å²) < 4.78 is 45.2.